The maximum atomic E-state index is 5.47. The summed E-state index contributed by atoms with van der Waals surface area (Å²) in [5.41, 5.74) is 6.58. The van der Waals surface area contributed by atoms with Gasteiger partial charge in [-0.1, -0.05) is 28.8 Å². The van der Waals surface area contributed by atoms with E-state index in [1.54, 1.807) is 0 Å². The molecule has 2 N–H and O–H groups in total. The molecule has 2 rings (SSSR count). The number of hydrogen-bond acceptors (Lipinski definition) is 3. The topological polar surface area (TPSA) is 38.9 Å². The number of nitrogens with zero attached hydrogens (tertiary/aromatic N) is 1. The average molecular weight is 313 g/mol. The quantitative estimate of drug-likeness (QED) is 0.815. The van der Waals surface area contributed by atoms with Crippen molar-refractivity contribution in [2.75, 3.05) is 6.54 Å². The van der Waals surface area contributed by atoms with Crippen LogP contribution in [0, 0.1) is 0 Å². The Morgan fingerprint density at radius 3 is 2.82 bits per heavy atom. The number of hydrogen-bond donors (Lipinski definition) is 1. The molecular weight excluding hydrogens is 296 g/mol. The van der Waals surface area contributed by atoms with Crippen LogP contribution in [0.3, 0.4) is 0 Å². The molecule has 1 heterocycles. The van der Waals surface area contributed by atoms with E-state index >= 15 is 0 Å². The molecule has 0 unspecified atom stereocenters. The van der Waals surface area contributed by atoms with Gasteiger partial charge in [0, 0.05) is 4.47 Å². The Bertz CT molecular complexity index is 481. The maximum absolute atomic E-state index is 5.47. The lowest BCUT2D eigenvalue weighted by Gasteiger charge is -1.97. The fraction of sp³-hybridized carbons (Fsp3) is 0.462. The lowest BCUT2D eigenvalue weighted by atomic mass is 10.1. The number of benzene rings is 1. The molecule has 0 saturated heterocycles. The molecule has 0 bridgehead atoms. The third-order valence-corrected chi connectivity index (χ3v) is 4.33. The summed E-state index contributed by atoms with van der Waals surface area (Å²) in [5.74, 6) is 0. The van der Waals surface area contributed by atoms with E-state index in [0.717, 1.165) is 29.4 Å². The first kappa shape index (κ1) is 13.0. The number of fused-ring (bicyclic) bond motifs is 1. The molecule has 92 valence electrons. The second-order valence-corrected chi connectivity index (χ2v) is 6.20. The van der Waals surface area contributed by atoms with Crippen molar-refractivity contribution in [1.29, 1.82) is 0 Å². The highest BCUT2D eigenvalue weighted by atomic mass is 79.9. The summed E-state index contributed by atoms with van der Waals surface area (Å²) in [6.07, 6.45) is 5.97. The van der Waals surface area contributed by atoms with E-state index in [1.165, 1.54) is 29.0 Å². The van der Waals surface area contributed by atoms with Gasteiger partial charge in [-0.25, -0.2) is 4.98 Å². The van der Waals surface area contributed by atoms with Crippen molar-refractivity contribution in [3.8, 4) is 0 Å². The van der Waals surface area contributed by atoms with Gasteiger partial charge in [-0.05, 0) is 44.0 Å². The fourth-order valence-corrected chi connectivity index (χ4v) is 3.17. The van der Waals surface area contributed by atoms with Crippen LogP contribution in [0.2, 0.25) is 0 Å². The SMILES string of the molecule is NCCCCCCc1nc2cc(Br)ccc2s1. The van der Waals surface area contributed by atoms with Gasteiger partial charge in [0.2, 0.25) is 0 Å². The van der Waals surface area contributed by atoms with Crippen molar-refractivity contribution in [3.63, 3.8) is 0 Å². The van der Waals surface area contributed by atoms with Gasteiger partial charge in [0.05, 0.1) is 15.2 Å². The second-order valence-electron chi connectivity index (χ2n) is 4.17. The third kappa shape index (κ3) is 3.76. The normalized spacial score (nSPS) is 11.2. The summed E-state index contributed by atoms with van der Waals surface area (Å²) >= 11 is 5.29. The van der Waals surface area contributed by atoms with Crippen LogP contribution in [0.4, 0.5) is 0 Å². The van der Waals surface area contributed by atoms with Crippen LogP contribution in [0.5, 0.6) is 0 Å². The minimum atomic E-state index is 0.815. The molecule has 0 fully saturated rings. The van der Waals surface area contributed by atoms with Crippen molar-refractivity contribution < 1.29 is 0 Å². The minimum absolute atomic E-state index is 0.815. The molecule has 17 heavy (non-hydrogen) atoms. The monoisotopic (exact) mass is 312 g/mol. The molecule has 1 aromatic heterocycles. The molecule has 0 aliphatic heterocycles. The highest BCUT2D eigenvalue weighted by Gasteiger charge is 2.03. The van der Waals surface area contributed by atoms with E-state index in [9.17, 15) is 0 Å². The lowest BCUT2D eigenvalue weighted by molar-refractivity contribution is 0.646. The Balaban J connectivity index is 1.91. The molecular formula is C13H17BrN2S. The smallest absolute Gasteiger partial charge is 0.0938 e. The van der Waals surface area contributed by atoms with Crippen molar-refractivity contribution in [2.45, 2.75) is 32.1 Å². The zero-order valence-electron chi connectivity index (χ0n) is 9.79. The summed E-state index contributed by atoms with van der Waals surface area (Å²) in [7, 11) is 0. The lowest BCUT2D eigenvalue weighted by Crippen LogP contribution is -1.97. The Kier molecular flexibility index (Phi) is 4.95. The zero-order valence-corrected chi connectivity index (χ0v) is 12.2. The van der Waals surface area contributed by atoms with Crippen molar-refractivity contribution in [3.05, 3.63) is 27.7 Å². The maximum Gasteiger partial charge on any atom is 0.0938 e. The molecule has 0 amide bonds. The summed E-state index contributed by atoms with van der Waals surface area (Å²) in [5, 5.41) is 1.26. The molecule has 0 spiro atoms. The highest BCUT2D eigenvalue weighted by Crippen LogP contribution is 2.26. The van der Waals surface area contributed by atoms with Gasteiger partial charge in [0.25, 0.3) is 0 Å². The summed E-state index contributed by atoms with van der Waals surface area (Å²) in [4.78, 5) is 4.66. The number of aryl methyl sites for hydroxylation is 1. The molecule has 0 aliphatic carbocycles. The van der Waals surface area contributed by atoms with E-state index in [4.69, 9.17) is 5.73 Å². The first-order valence-corrected chi connectivity index (χ1v) is 7.65. The van der Waals surface area contributed by atoms with Gasteiger partial charge in [-0.3, -0.25) is 0 Å². The van der Waals surface area contributed by atoms with Gasteiger partial charge in [0.15, 0.2) is 0 Å². The van der Waals surface area contributed by atoms with Crippen LogP contribution >= 0.6 is 27.3 Å². The molecule has 0 aliphatic rings. The molecule has 0 atom stereocenters. The predicted octanol–water partition coefficient (Wildman–Crippen LogP) is 4.12. The number of thiazole rings is 1. The Morgan fingerprint density at radius 1 is 1.18 bits per heavy atom. The number of unbranched alkanes of at least 4 members (excludes halogenated alkanes) is 3. The van der Waals surface area contributed by atoms with Crippen molar-refractivity contribution >= 4 is 37.5 Å². The van der Waals surface area contributed by atoms with Gasteiger partial charge in [0.1, 0.15) is 0 Å². The highest BCUT2D eigenvalue weighted by molar-refractivity contribution is 9.10. The predicted molar refractivity (Wildman–Crippen MR) is 78.5 cm³/mol. The standard InChI is InChI=1S/C13H17BrN2S/c14-10-6-7-12-11(9-10)16-13(17-12)5-3-1-2-4-8-15/h6-7,9H,1-5,8,15H2. The average Bonchev–Trinajstić information content (AvgIpc) is 2.70. The Hall–Kier alpha value is -0.450. The van der Waals surface area contributed by atoms with Gasteiger partial charge >= 0.3 is 0 Å². The van der Waals surface area contributed by atoms with E-state index in [2.05, 4.69) is 39.1 Å². The molecule has 0 saturated carbocycles. The Labute approximate surface area is 114 Å². The summed E-state index contributed by atoms with van der Waals surface area (Å²) in [6.45, 7) is 0.815. The Morgan fingerprint density at radius 2 is 2.00 bits per heavy atom. The van der Waals surface area contributed by atoms with Crippen molar-refractivity contribution in [1.82, 2.24) is 4.98 Å². The first-order valence-electron chi connectivity index (χ1n) is 6.04. The van der Waals surface area contributed by atoms with Crippen molar-refractivity contribution in [2.24, 2.45) is 5.73 Å². The van der Waals surface area contributed by atoms with E-state index in [0.29, 0.717) is 0 Å². The number of halogens is 1. The third-order valence-electron chi connectivity index (χ3n) is 2.74. The van der Waals surface area contributed by atoms with Crippen LogP contribution < -0.4 is 5.73 Å². The van der Waals surface area contributed by atoms with Crippen LogP contribution in [-0.4, -0.2) is 11.5 Å². The largest absolute Gasteiger partial charge is 0.330 e. The fourth-order valence-electron chi connectivity index (χ4n) is 1.83. The minimum Gasteiger partial charge on any atom is -0.330 e. The van der Waals surface area contributed by atoms with E-state index in [-0.39, 0.29) is 0 Å². The molecule has 0 radical (unpaired) electrons. The van der Waals surface area contributed by atoms with Crippen LogP contribution in [-0.2, 0) is 6.42 Å². The second kappa shape index (κ2) is 6.47. The van der Waals surface area contributed by atoms with Crippen LogP contribution in [0.25, 0.3) is 10.2 Å². The zero-order chi connectivity index (χ0) is 12.1. The number of aromatic nitrogens is 1. The molecule has 2 nitrogen and oxygen atoms in total. The van der Waals surface area contributed by atoms with Gasteiger partial charge < -0.3 is 5.73 Å². The summed E-state index contributed by atoms with van der Waals surface area (Å²) < 4.78 is 2.38. The van der Waals surface area contributed by atoms with E-state index in [1.807, 2.05) is 11.3 Å². The van der Waals surface area contributed by atoms with Gasteiger partial charge in [-0.2, -0.15) is 0 Å². The first-order chi connectivity index (χ1) is 8.29. The molecule has 1 aromatic carbocycles. The molecule has 4 heteroatoms. The molecule has 2 aromatic rings. The van der Waals surface area contributed by atoms with E-state index < -0.39 is 0 Å². The summed E-state index contributed by atoms with van der Waals surface area (Å²) in [6, 6.07) is 6.30. The van der Waals surface area contributed by atoms with Crippen LogP contribution in [0.15, 0.2) is 22.7 Å². The van der Waals surface area contributed by atoms with Crippen LogP contribution in [0.1, 0.15) is 30.7 Å². The number of nitrogens with two attached hydrogens (primary N) is 1. The number of rotatable bonds is 6. The van der Waals surface area contributed by atoms with Gasteiger partial charge in [-0.15, -0.1) is 11.3 Å².